The Morgan fingerprint density at radius 1 is 1.14 bits per heavy atom. The lowest BCUT2D eigenvalue weighted by Crippen LogP contribution is -2.50. The van der Waals surface area contributed by atoms with Gasteiger partial charge in [0.05, 0.1) is 30.4 Å². The number of nitrogens with one attached hydrogen (secondary N) is 2. The molecule has 1 fully saturated rings. The minimum Gasteiger partial charge on any atom is -0.485 e. The number of nitrogens with zero attached hydrogens (tertiary/aromatic N) is 2. The van der Waals surface area contributed by atoms with Crippen LogP contribution < -0.4 is 15.4 Å². The van der Waals surface area contributed by atoms with Gasteiger partial charge in [-0.3, -0.25) is 9.59 Å². The van der Waals surface area contributed by atoms with Gasteiger partial charge in [-0.05, 0) is 44.0 Å². The van der Waals surface area contributed by atoms with Crippen LogP contribution in [0.15, 0.2) is 48.5 Å². The van der Waals surface area contributed by atoms with Crippen molar-refractivity contribution >= 4 is 29.2 Å². The quantitative estimate of drug-likeness (QED) is 0.546. The summed E-state index contributed by atoms with van der Waals surface area (Å²) in [4.78, 5) is 42.1. The maximum atomic E-state index is 13.5. The van der Waals surface area contributed by atoms with Gasteiger partial charge in [-0.25, -0.2) is 4.79 Å². The van der Waals surface area contributed by atoms with Gasteiger partial charge in [0.1, 0.15) is 6.10 Å². The van der Waals surface area contributed by atoms with E-state index < -0.39 is 12.1 Å². The predicted molar refractivity (Wildman–Crippen MR) is 137 cm³/mol. The molecule has 2 aromatic rings. The summed E-state index contributed by atoms with van der Waals surface area (Å²) in [5, 5.41) is 15.6. The molecule has 0 radical (unpaired) electrons. The number of anilines is 2. The zero-order valence-corrected chi connectivity index (χ0v) is 20.9. The molecule has 0 bridgehead atoms. The van der Waals surface area contributed by atoms with Crippen molar-refractivity contribution in [3.63, 3.8) is 0 Å². The monoisotopic (exact) mass is 494 g/mol. The number of benzene rings is 2. The molecule has 9 nitrogen and oxygen atoms in total. The number of fused-ring (bicyclic) bond motifs is 1. The fourth-order valence-corrected chi connectivity index (χ4v) is 4.23. The maximum Gasteiger partial charge on any atom is 0.321 e. The van der Waals surface area contributed by atoms with Gasteiger partial charge in [-0.1, -0.05) is 31.2 Å². The SMILES string of the molecule is C[C@H](CO)N1C[C@H](C)[C@H](CN(C)C(=O)Nc2ccccc2)Oc2c(NC(=O)C3CC3)cccc2C1=O. The standard InChI is InChI=1S/C27H34N4O5/c1-17-14-31(18(2)16-32)26(34)21-10-7-11-22(29-25(33)19-12-13-19)24(21)36-23(17)15-30(3)27(35)28-20-8-5-4-6-9-20/h4-11,17-19,23,32H,12-16H2,1-3H3,(H,28,35)(H,29,33)/t17-,18+,23-/m0/s1. The average molecular weight is 495 g/mol. The molecule has 1 heterocycles. The lowest BCUT2D eigenvalue weighted by Gasteiger charge is -2.38. The topological polar surface area (TPSA) is 111 Å². The highest BCUT2D eigenvalue weighted by Gasteiger charge is 2.36. The molecule has 0 spiro atoms. The van der Waals surface area contributed by atoms with Gasteiger partial charge >= 0.3 is 6.03 Å². The number of carbonyl (C=O) groups is 3. The fraction of sp³-hybridized carbons (Fsp3) is 0.444. The van der Waals surface area contributed by atoms with Crippen LogP contribution in [0.25, 0.3) is 0 Å². The van der Waals surface area contributed by atoms with Crippen molar-refractivity contribution in [1.29, 1.82) is 0 Å². The van der Waals surface area contributed by atoms with Crippen LogP contribution in [0.1, 0.15) is 37.0 Å². The first-order valence-electron chi connectivity index (χ1n) is 12.4. The predicted octanol–water partition coefficient (Wildman–Crippen LogP) is 3.42. The molecule has 4 amide bonds. The molecule has 0 saturated heterocycles. The number of aliphatic hydroxyl groups is 1. The molecule has 9 heteroatoms. The molecular weight excluding hydrogens is 460 g/mol. The molecule has 0 aromatic heterocycles. The number of hydrogen-bond donors (Lipinski definition) is 3. The van der Waals surface area contributed by atoms with E-state index in [1.165, 1.54) is 0 Å². The molecule has 1 saturated carbocycles. The van der Waals surface area contributed by atoms with Crippen molar-refractivity contribution in [3.8, 4) is 5.75 Å². The molecule has 3 N–H and O–H groups in total. The van der Waals surface area contributed by atoms with E-state index in [9.17, 15) is 19.5 Å². The number of urea groups is 1. The van der Waals surface area contributed by atoms with Gasteiger partial charge in [0.15, 0.2) is 5.75 Å². The maximum absolute atomic E-state index is 13.5. The number of carbonyl (C=O) groups excluding carboxylic acids is 3. The van der Waals surface area contributed by atoms with Crippen molar-refractivity contribution in [2.45, 2.75) is 38.8 Å². The number of aliphatic hydroxyl groups excluding tert-OH is 1. The summed E-state index contributed by atoms with van der Waals surface area (Å²) in [5.41, 5.74) is 1.44. The first kappa shape index (κ1) is 25.5. The molecular formula is C27H34N4O5. The summed E-state index contributed by atoms with van der Waals surface area (Å²) in [6.07, 6.45) is 1.23. The van der Waals surface area contributed by atoms with Gasteiger partial charge in [0, 0.05) is 31.1 Å². The molecule has 1 aliphatic carbocycles. The van der Waals surface area contributed by atoms with Crippen molar-refractivity contribution < 1.29 is 24.2 Å². The first-order valence-corrected chi connectivity index (χ1v) is 12.4. The lowest BCUT2D eigenvalue weighted by atomic mass is 9.99. The van der Waals surface area contributed by atoms with Crippen LogP contribution in [-0.2, 0) is 4.79 Å². The smallest absolute Gasteiger partial charge is 0.321 e. The van der Waals surface area contributed by atoms with Crippen LogP contribution in [0.5, 0.6) is 5.75 Å². The average Bonchev–Trinajstić information content (AvgIpc) is 3.72. The second-order valence-corrected chi connectivity index (χ2v) is 9.75. The zero-order valence-electron chi connectivity index (χ0n) is 20.9. The molecule has 3 atom stereocenters. The van der Waals surface area contributed by atoms with Crippen LogP contribution in [0.4, 0.5) is 16.2 Å². The van der Waals surface area contributed by atoms with Gasteiger partial charge in [-0.15, -0.1) is 0 Å². The van der Waals surface area contributed by atoms with Crippen molar-refractivity contribution in [1.82, 2.24) is 9.80 Å². The van der Waals surface area contributed by atoms with Crippen LogP contribution in [-0.4, -0.2) is 71.6 Å². The summed E-state index contributed by atoms with van der Waals surface area (Å²) >= 11 is 0. The van der Waals surface area contributed by atoms with Crippen LogP contribution >= 0.6 is 0 Å². The lowest BCUT2D eigenvalue weighted by molar-refractivity contribution is -0.117. The van der Waals surface area contributed by atoms with E-state index in [1.807, 2.05) is 37.3 Å². The Morgan fingerprint density at radius 2 is 1.86 bits per heavy atom. The van der Waals surface area contributed by atoms with E-state index in [4.69, 9.17) is 4.74 Å². The normalized spacial score (nSPS) is 20.3. The largest absolute Gasteiger partial charge is 0.485 e. The van der Waals surface area contributed by atoms with Crippen molar-refractivity contribution in [2.75, 3.05) is 37.4 Å². The molecule has 2 aliphatic rings. The highest BCUT2D eigenvalue weighted by Crippen LogP contribution is 2.37. The van der Waals surface area contributed by atoms with Gasteiger partial charge in [-0.2, -0.15) is 0 Å². The Morgan fingerprint density at radius 3 is 2.53 bits per heavy atom. The van der Waals surface area contributed by atoms with E-state index in [0.29, 0.717) is 29.2 Å². The number of para-hydroxylation sites is 2. The summed E-state index contributed by atoms with van der Waals surface area (Å²) in [5.74, 6) is -0.255. The fourth-order valence-electron chi connectivity index (χ4n) is 4.23. The minimum atomic E-state index is -0.476. The summed E-state index contributed by atoms with van der Waals surface area (Å²) in [6, 6.07) is 13.6. The van der Waals surface area contributed by atoms with Gasteiger partial charge in [0.25, 0.3) is 5.91 Å². The summed E-state index contributed by atoms with van der Waals surface area (Å²) in [6.45, 7) is 4.16. The highest BCUT2D eigenvalue weighted by atomic mass is 16.5. The molecule has 0 unspecified atom stereocenters. The number of rotatable bonds is 7. The third kappa shape index (κ3) is 5.79. The number of ether oxygens (including phenoxy) is 1. The molecule has 1 aliphatic heterocycles. The third-order valence-electron chi connectivity index (χ3n) is 6.72. The molecule has 2 aromatic carbocycles. The molecule has 36 heavy (non-hydrogen) atoms. The van der Waals surface area contributed by atoms with E-state index in [1.54, 1.807) is 42.0 Å². The van der Waals surface area contributed by atoms with Gasteiger partial charge in [0.2, 0.25) is 5.91 Å². The van der Waals surface area contributed by atoms with E-state index in [-0.39, 0.29) is 42.8 Å². The van der Waals surface area contributed by atoms with Crippen LogP contribution in [0.2, 0.25) is 0 Å². The minimum absolute atomic E-state index is 0.0152. The van der Waals surface area contributed by atoms with Gasteiger partial charge < -0.3 is 30.3 Å². The first-order chi connectivity index (χ1) is 17.3. The third-order valence-corrected chi connectivity index (χ3v) is 6.72. The van der Waals surface area contributed by atoms with Crippen molar-refractivity contribution in [3.05, 3.63) is 54.1 Å². The Balaban J connectivity index is 1.62. The van der Waals surface area contributed by atoms with E-state index in [0.717, 1.165) is 12.8 Å². The number of hydrogen-bond acceptors (Lipinski definition) is 5. The molecule has 192 valence electrons. The Hall–Kier alpha value is -3.59. The van der Waals surface area contributed by atoms with E-state index >= 15 is 0 Å². The van der Waals surface area contributed by atoms with Crippen LogP contribution in [0.3, 0.4) is 0 Å². The van der Waals surface area contributed by atoms with Crippen molar-refractivity contribution in [2.24, 2.45) is 11.8 Å². The molecule has 4 rings (SSSR count). The highest BCUT2D eigenvalue weighted by molar-refractivity contribution is 6.02. The number of amides is 4. The van der Waals surface area contributed by atoms with E-state index in [2.05, 4.69) is 10.6 Å². The zero-order chi connectivity index (χ0) is 25.8. The Bertz CT molecular complexity index is 1100. The number of likely N-dealkylation sites (N-methyl/N-ethyl adjacent to an activating group) is 1. The summed E-state index contributed by atoms with van der Waals surface area (Å²) < 4.78 is 6.44. The summed E-state index contributed by atoms with van der Waals surface area (Å²) in [7, 11) is 1.69. The van der Waals surface area contributed by atoms with Crippen LogP contribution in [0, 0.1) is 11.8 Å². The second-order valence-electron chi connectivity index (χ2n) is 9.75. The Labute approximate surface area is 211 Å². The second kappa shape index (κ2) is 11.0. The Kier molecular flexibility index (Phi) is 7.79.